The maximum Gasteiger partial charge on any atom is 0.256 e. The molecule has 1 heterocycles. The van der Waals surface area contributed by atoms with Crippen molar-refractivity contribution in [3.8, 4) is 0 Å². The van der Waals surface area contributed by atoms with Gasteiger partial charge in [-0.2, -0.15) is 5.10 Å². The van der Waals surface area contributed by atoms with E-state index in [1.54, 1.807) is 18.2 Å². The van der Waals surface area contributed by atoms with Crippen molar-refractivity contribution in [3.63, 3.8) is 0 Å². The molecule has 0 saturated carbocycles. The van der Waals surface area contributed by atoms with E-state index in [1.807, 2.05) is 13.0 Å². The van der Waals surface area contributed by atoms with Crippen LogP contribution in [0.1, 0.15) is 13.3 Å². The van der Waals surface area contributed by atoms with E-state index in [0.717, 1.165) is 5.71 Å². The molecule has 0 spiro atoms. The van der Waals surface area contributed by atoms with Gasteiger partial charge in [-0.1, -0.05) is 17.7 Å². The number of hydrazone groups is 1. The van der Waals surface area contributed by atoms with Gasteiger partial charge in [-0.3, -0.25) is 4.79 Å². The van der Waals surface area contributed by atoms with Crippen LogP contribution in [0.2, 0.25) is 5.02 Å². The highest BCUT2D eigenvalue weighted by atomic mass is 35.5. The highest BCUT2D eigenvalue weighted by Crippen LogP contribution is 2.27. The predicted molar refractivity (Wildman–Crippen MR) is 69.2 cm³/mol. The molecule has 0 fully saturated rings. The van der Waals surface area contributed by atoms with E-state index in [9.17, 15) is 4.79 Å². The monoisotopic (exact) mass is 251 g/mol. The Kier molecular flexibility index (Phi) is 3.45. The van der Waals surface area contributed by atoms with Gasteiger partial charge in [-0.25, -0.2) is 5.01 Å². The topological polar surface area (TPSA) is 58.7 Å². The Balaban J connectivity index is 2.27. The number of rotatable bonds is 3. The largest absolute Gasteiger partial charge is 0.330 e. The molecule has 1 aliphatic heterocycles. The van der Waals surface area contributed by atoms with Crippen LogP contribution in [0.5, 0.6) is 0 Å². The van der Waals surface area contributed by atoms with Gasteiger partial charge >= 0.3 is 0 Å². The first-order chi connectivity index (χ1) is 8.13. The van der Waals surface area contributed by atoms with Gasteiger partial charge < -0.3 is 5.73 Å². The first kappa shape index (κ1) is 12.1. The molecule has 4 nitrogen and oxygen atoms in total. The Labute approximate surface area is 105 Å². The zero-order chi connectivity index (χ0) is 12.4. The number of anilines is 1. The molecule has 5 heteroatoms. The molecule has 0 radical (unpaired) electrons. The van der Waals surface area contributed by atoms with Crippen LogP contribution in [0.25, 0.3) is 0 Å². The maximum absolute atomic E-state index is 12.1. The second-order valence-electron chi connectivity index (χ2n) is 4.00. The van der Waals surface area contributed by atoms with E-state index in [-0.39, 0.29) is 11.8 Å². The summed E-state index contributed by atoms with van der Waals surface area (Å²) in [5, 5.41) is 6.26. The minimum atomic E-state index is -0.195. The minimum Gasteiger partial charge on any atom is -0.330 e. The van der Waals surface area contributed by atoms with Crippen molar-refractivity contribution in [2.24, 2.45) is 16.8 Å². The SMILES string of the molecule is CC1=NN(c2cccc(Cl)c2)C(=O)C1CCN. The summed E-state index contributed by atoms with van der Waals surface area (Å²) in [6.07, 6.45) is 0.630. The molecule has 90 valence electrons. The van der Waals surface area contributed by atoms with E-state index >= 15 is 0 Å². The summed E-state index contributed by atoms with van der Waals surface area (Å²) in [6, 6.07) is 7.10. The van der Waals surface area contributed by atoms with Gasteiger partial charge in [0.25, 0.3) is 5.91 Å². The number of carbonyl (C=O) groups excluding carboxylic acids is 1. The lowest BCUT2D eigenvalue weighted by atomic mass is 10.0. The molecular weight excluding hydrogens is 238 g/mol. The zero-order valence-corrected chi connectivity index (χ0v) is 10.3. The molecule has 2 N–H and O–H groups in total. The lowest BCUT2D eigenvalue weighted by molar-refractivity contribution is -0.119. The summed E-state index contributed by atoms with van der Waals surface area (Å²) >= 11 is 5.90. The Hall–Kier alpha value is -1.39. The Bertz CT molecular complexity index is 473. The molecule has 0 aliphatic carbocycles. The average Bonchev–Trinajstić information content (AvgIpc) is 2.57. The van der Waals surface area contributed by atoms with Gasteiger partial charge in [-0.05, 0) is 38.1 Å². The van der Waals surface area contributed by atoms with Gasteiger partial charge in [0.05, 0.1) is 11.6 Å². The van der Waals surface area contributed by atoms with Gasteiger partial charge in [0.1, 0.15) is 0 Å². The number of amides is 1. The molecule has 0 bridgehead atoms. The molecular formula is C12H14ClN3O. The highest BCUT2D eigenvalue weighted by molar-refractivity contribution is 6.31. The second kappa shape index (κ2) is 4.85. The summed E-state index contributed by atoms with van der Waals surface area (Å²) in [7, 11) is 0. The summed E-state index contributed by atoms with van der Waals surface area (Å²) < 4.78 is 0. The second-order valence-corrected chi connectivity index (χ2v) is 4.44. The smallest absolute Gasteiger partial charge is 0.256 e. The van der Waals surface area contributed by atoms with E-state index in [4.69, 9.17) is 17.3 Å². The van der Waals surface area contributed by atoms with Crippen molar-refractivity contribution in [2.75, 3.05) is 11.6 Å². The zero-order valence-electron chi connectivity index (χ0n) is 9.56. The number of halogens is 1. The average molecular weight is 252 g/mol. The molecule has 1 amide bonds. The Morgan fingerprint density at radius 2 is 2.29 bits per heavy atom. The summed E-state index contributed by atoms with van der Waals surface area (Å²) in [4.78, 5) is 12.1. The predicted octanol–water partition coefficient (Wildman–Crippen LogP) is 2.03. The number of nitrogens with zero attached hydrogens (tertiary/aromatic N) is 2. The highest BCUT2D eigenvalue weighted by Gasteiger charge is 2.33. The van der Waals surface area contributed by atoms with Crippen molar-refractivity contribution in [1.29, 1.82) is 0 Å². The van der Waals surface area contributed by atoms with Gasteiger partial charge in [-0.15, -0.1) is 0 Å². The van der Waals surface area contributed by atoms with Gasteiger partial charge in [0.15, 0.2) is 0 Å². The third-order valence-corrected chi connectivity index (χ3v) is 3.01. The molecule has 17 heavy (non-hydrogen) atoms. The molecule has 1 unspecified atom stereocenters. The van der Waals surface area contributed by atoms with Crippen LogP contribution in [0.4, 0.5) is 5.69 Å². The van der Waals surface area contributed by atoms with Gasteiger partial charge in [0.2, 0.25) is 0 Å². The van der Waals surface area contributed by atoms with Gasteiger partial charge in [0, 0.05) is 10.7 Å². The van der Waals surface area contributed by atoms with E-state index in [2.05, 4.69) is 5.10 Å². The van der Waals surface area contributed by atoms with Crippen molar-refractivity contribution in [3.05, 3.63) is 29.3 Å². The number of benzene rings is 1. The van der Waals surface area contributed by atoms with Crippen LogP contribution in [0.15, 0.2) is 29.4 Å². The van der Waals surface area contributed by atoms with E-state index in [0.29, 0.717) is 23.7 Å². The number of carbonyl (C=O) groups is 1. The van der Waals surface area contributed by atoms with Crippen molar-refractivity contribution in [1.82, 2.24) is 0 Å². The van der Waals surface area contributed by atoms with Crippen molar-refractivity contribution >= 4 is 28.9 Å². The van der Waals surface area contributed by atoms with Crippen LogP contribution in [-0.2, 0) is 4.79 Å². The molecule has 1 aromatic carbocycles. The Morgan fingerprint density at radius 1 is 1.53 bits per heavy atom. The minimum absolute atomic E-state index is 0.0322. The van der Waals surface area contributed by atoms with E-state index in [1.165, 1.54) is 5.01 Å². The molecule has 0 aromatic heterocycles. The standard InChI is InChI=1S/C12H14ClN3O/c1-8-11(5-6-14)12(17)16(15-8)10-4-2-3-9(13)7-10/h2-4,7,11H,5-6,14H2,1H3. The van der Waals surface area contributed by atoms with Crippen molar-refractivity contribution in [2.45, 2.75) is 13.3 Å². The lowest BCUT2D eigenvalue weighted by Crippen LogP contribution is -2.28. The fourth-order valence-electron chi connectivity index (χ4n) is 1.89. The third-order valence-electron chi connectivity index (χ3n) is 2.78. The Morgan fingerprint density at radius 3 is 2.94 bits per heavy atom. The number of hydrogen-bond acceptors (Lipinski definition) is 3. The van der Waals surface area contributed by atoms with E-state index < -0.39 is 0 Å². The molecule has 1 atom stereocenters. The normalized spacial score (nSPS) is 19.7. The summed E-state index contributed by atoms with van der Waals surface area (Å²) in [6.45, 7) is 2.33. The summed E-state index contributed by atoms with van der Waals surface area (Å²) in [5.41, 5.74) is 7.00. The van der Waals surface area contributed by atoms with Crippen LogP contribution in [0.3, 0.4) is 0 Å². The first-order valence-electron chi connectivity index (χ1n) is 5.48. The molecule has 1 aromatic rings. The number of hydrogen-bond donors (Lipinski definition) is 1. The molecule has 2 rings (SSSR count). The van der Waals surface area contributed by atoms with Crippen LogP contribution < -0.4 is 10.7 Å². The first-order valence-corrected chi connectivity index (χ1v) is 5.86. The molecule has 0 saturated heterocycles. The van der Waals surface area contributed by atoms with Crippen molar-refractivity contribution < 1.29 is 4.79 Å². The summed E-state index contributed by atoms with van der Waals surface area (Å²) in [5.74, 6) is -0.228. The quantitative estimate of drug-likeness (QED) is 0.894. The van der Waals surface area contributed by atoms with Crippen LogP contribution in [0, 0.1) is 5.92 Å². The fourth-order valence-corrected chi connectivity index (χ4v) is 2.08. The lowest BCUT2D eigenvalue weighted by Gasteiger charge is -2.14. The molecule has 1 aliphatic rings. The van der Waals surface area contributed by atoms with Crippen LogP contribution >= 0.6 is 11.6 Å². The fraction of sp³-hybridized carbons (Fsp3) is 0.333. The number of nitrogens with two attached hydrogens (primary N) is 1. The van der Waals surface area contributed by atoms with Crippen LogP contribution in [-0.4, -0.2) is 18.2 Å². The third kappa shape index (κ3) is 2.33. The maximum atomic E-state index is 12.1.